The molecule has 2 nitrogen and oxygen atoms in total. The van der Waals surface area contributed by atoms with E-state index in [4.69, 9.17) is 4.98 Å². The van der Waals surface area contributed by atoms with Gasteiger partial charge in [0.1, 0.15) is 0 Å². The van der Waals surface area contributed by atoms with Gasteiger partial charge in [-0.05, 0) is 50.3 Å². The average Bonchev–Trinajstić information content (AvgIpc) is 2.53. The Hall–Kier alpha value is -0.890. The summed E-state index contributed by atoms with van der Waals surface area (Å²) in [7, 11) is 2.14. The molecule has 0 spiro atoms. The van der Waals surface area contributed by atoms with Crippen molar-refractivity contribution in [2.24, 2.45) is 5.92 Å². The van der Waals surface area contributed by atoms with E-state index in [1.54, 1.807) is 0 Å². The smallest absolute Gasteiger partial charge is 0.0481 e. The molecule has 1 fully saturated rings. The van der Waals surface area contributed by atoms with Gasteiger partial charge < -0.3 is 5.32 Å². The lowest BCUT2D eigenvalue weighted by Crippen LogP contribution is -2.36. The van der Waals surface area contributed by atoms with Crippen LogP contribution in [0.4, 0.5) is 0 Å². The summed E-state index contributed by atoms with van der Waals surface area (Å²) in [4.78, 5) is 4.72. The van der Waals surface area contributed by atoms with E-state index in [2.05, 4.69) is 24.5 Å². The van der Waals surface area contributed by atoms with Crippen LogP contribution in [0.15, 0.2) is 18.3 Å². The molecule has 110 valence electrons. The number of aryl methyl sites for hydroxylation is 1. The lowest BCUT2D eigenvalue weighted by Gasteiger charge is -2.34. The monoisotopic (exact) mass is 272 g/mol. The molecule has 0 aliphatic heterocycles. The number of nitrogens with one attached hydrogen (secondary N) is 1. The van der Waals surface area contributed by atoms with Crippen LogP contribution in [0.3, 0.4) is 0 Å². The Morgan fingerprint density at radius 1 is 1.20 bits per heavy atom. The van der Waals surface area contributed by atoms with Crippen molar-refractivity contribution in [3.8, 4) is 0 Å². The SMILES string of the molecule is CNC(CC1CCCCC1)C1CCCc2cccnc21. The Labute approximate surface area is 123 Å². The van der Waals surface area contributed by atoms with Crippen LogP contribution in [0.2, 0.25) is 0 Å². The Kier molecular flexibility index (Phi) is 4.72. The normalized spacial score (nSPS) is 25.1. The molecule has 1 aromatic rings. The highest BCUT2D eigenvalue weighted by atomic mass is 14.9. The molecule has 2 heteroatoms. The van der Waals surface area contributed by atoms with Gasteiger partial charge in [0, 0.05) is 23.9 Å². The van der Waals surface area contributed by atoms with Crippen LogP contribution < -0.4 is 5.32 Å². The molecule has 0 aromatic carbocycles. The first kappa shape index (κ1) is 14.1. The molecule has 1 N–H and O–H groups in total. The molecule has 1 aromatic heterocycles. The summed E-state index contributed by atoms with van der Waals surface area (Å²) in [6, 6.07) is 4.99. The molecular formula is C18H28N2. The van der Waals surface area contributed by atoms with E-state index in [9.17, 15) is 0 Å². The number of fused-ring (bicyclic) bond motifs is 1. The lowest BCUT2D eigenvalue weighted by atomic mass is 9.76. The zero-order chi connectivity index (χ0) is 13.8. The second-order valence-corrected chi connectivity index (χ2v) is 6.68. The summed E-state index contributed by atoms with van der Waals surface area (Å²) in [5.41, 5.74) is 2.88. The standard InChI is InChI=1S/C18H28N2/c1-19-17(13-14-7-3-2-4-8-14)16-11-5-9-15-10-6-12-20-18(15)16/h6,10,12,14,16-17,19H,2-5,7-9,11,13H2,1H3. The van der Waals surface area contributed by atoms with Gasteiger partial charge in [-0.3, -0.25) is 4.98 Å². The quantitative estimate of drug-likeness (QED) is 0.894. The minimum Gasteiger partial charge on any atom is -0.316 e. The molecule has 0 saturated heterocycles. The van der Waals surface area contributed by atoms with Gasteiger partial charge in [0.2, 0.25) is 0 Å². The van der Waals surface area contributed by atoms with Crippen LogP contribution in [0.1, 0.15) is 68.5 Å². The van der Waals surface area contributed by atoms with Gasteiger partial charge in [0.15, 0.2) is 0 Å². The molecule has 3 rings (SSSR count). The predicted octanol–water partition coefficient (Wildman–Crippen LogP) is 4.06. The van der Waals surface area contributed by atoms with Gasteiger partial charge in [-0.1, -0.05) is 38.2 Å². The van der Waals surface area contributed by atoms with Crippen molar-refractivity contribution in [1.82, 2.24) is 10.3 Å². The summed E-state index contributed by atoms with van der Waals surface area (Å²) < 4.78 is 0. The van der Waals surface area contributed by atoms with Gasteiger partial charge in [-0.2, -0.15) is 0 Å². The van der Waals surface area contributed by atoms with E-state index < -0.39 is 0 Å². The number of nitrogens with zero attached hydrogens (tertiary/aromatic N) is 1. The molecule has 2 unspecified atom stereocenters. The van der Waals surface area contributed by atoms with Gasteiger partial charge in [0.05, 0.1) is 0 Å². The van der Waals surface area contributed by atoms with Gasteiger partial charge in [-0.25, -0.2) is 0 Å². The average molecular weight is 272 g/mol. The third-order valence-corrected chi connectivity index (χ3v) is 5.41. The zero-order valence-electron chi connectivity index (χ0n) is 12.8. The van der Waals surface area contributed by atoms with E-state index in [-0.39, 0.29) is 0 Å². The molecule has 0 radical (unpaired) electrons. The maximum absolute atomic E-state index is 4.72. The fraction of sp³-hybridized carbons (Fsp3) is 0.722. The van der Waals surface area contributed by atoms with Crippen LogP contribution in [0.5, 0.6) is 0 Å². The van der Waals surface area contributed by atoms with Crippen LogP contribution in [0.25, 0.3) is 0 Å². The summed E-state index contributed by atoms with van der Waals surface area (Å²) in [5.74, 6) is 1.57. The van der Waals surface area contributed by atoms with Crippen molar-refractivity contribution < 1.29 is 0 Å². The Balaban J connectivity index is 1.72. The third-order valence-electron chi connectivity index (χ3n) is 5.41. The zero-order valence-corrected chi connectivity index (χ0v) is 12.8. The fourth-order valence-electron chi connectivity index (χ4n) is 4.30. The van der Waals surface area contributed by atoms with Crippen LogP contribution >= 0.6 is 0 Å². The van der Waals surface area contributed by atoms with Crippen molar-refractivity contribution in [1.29, 1.82) is 0 Å². The Morgan fingerprint density at radius 2 is 2.05 bits per heavy atom. The molecule has 2 aliphatic rings. The first-order valence-electron chi connectivity index (χ1n) is 8.49. The lowest BCUT2D eigenvalue weighted by molar-refractivity contribution is 0.273. The molecule has 0 amide bonds. The predicted molar refractivity (Wildman–Crippen MR) is 84.0 cm³/mol. The molecule has 2 aliphatic carbocycles. The number of likely N-dealkylation sites (N-methyl/N-ethyl adjacent to an activating group) is 1. The number of aromatic nitrogens is 1. The number of pyridine rings is 1. The summed E-state index contributed by atoms with van der Waals surface area (Å²) in [6.07, 6.45) is 14.4. The summed E-state index contributed by atoms with van der Waals surface area (Å²) in [5, 5.41) is 3.62. The van der Waals surface area contributed by atoms with E-state index in [0.29, 0.717) is 12.0 Å². The maximum atomic E-state index is 4.72. The first-order valence-corrected chi connectivity index (χ1v) is 8.49. The topological polar surface area (TPSA) is 24.9 Å². The Morgan fingerprint density at radius 3 is 2.85 bits per heavy atom. The maximum Gasteiger partial charge on any atom is 0.0481 e. The summed E-state index contributed by atoms with van der Waals surface area (Å²) in [6.45, 7) is 0. The first-order chi connectivity index (χ1) is 9.88. The largest absolute Gasteiger partial charge is 0.316 e. The minimum atomic E-state index is 0.618. The molecule has 2 atom stereocenters. The van der Waals surface area contributed by atoms with E-state index in [1.807, 2.05) is 6.20 Å². The van der Waals surface area contributed by atoms with E-state index in [0.717, 1.165) is 5.92 Å². The third kappa shape index (κ3) is 3.06. The van der Waals surface area contributed by atoms with Crippen molar-refractivity contribution in [2.45, 2.75) is 69.7 Å². The second kappa shape index (κ2) is 6.71. The highest BCUT2D eigenvalue weighted by molar-refractivity contribution is 5.27. The van der Waals surface area contributed by atoms with Gasteiger partial charge in [-0.15, -0.1) is 0 Å². The number of hydrogen-bond acceptors (Lipinski definition) is 2. The number of rotatable bonds is 4. The van der Waals surface area contributed by atoms with Crippen molar-refractivity contribution >= 4 is 0 Å². The molecule has 1 saturated carbocycles. The van der Waals surface area contributed by atoms with Gasteiger partial charge in [0.25, 0.3) is 0 Å². The van der Waals surface area contributed by atoms with Crippen LogP contribution in [-0.2, 0) is 6.42 Å². The van der Waals surface area contributed by atoms with Crippen molar-refractivity contribution in [3.05, 3.63) is 29.6 Å². The Bertz CT molecular complexity index is 423. The van der Waals surface area contributed by atoms with Crippen molar-refractivity contribution in [2.75, 3.05) is 7.05 Å². The summed E-state index contributed by atoms with van der Waals surface area (Å²) >= 11 is 0. The highest BCUT2D eigenvalue weighted by Crippen LogP contribution is 2.36. The van der Waals surface area contributed by atoms with E-state index in [1.165, 1.54) is 69.0 Å². The molecule has 1 heterocycles. The van der Waals surface area contributed by atoms with E-state index >= 15 is 0 Å². The minimum absolute atomic E-state index is 0.618. The molecule has 0 bridgehead atoms. The molecular weight excluding hydrogens is 244 g/mol. The van der Waals surface area contributed by atoms with Crippen LogP contribution in [-0.4, -0.2) is 18.1 Å². The second-order valence-electron chi connectivity index (χ2n) is 6.68. The highest BCUT2D eigenvalue weighted by Gasteiger charge is 2.30. The van der Waals surface area contributed by atoms with Crippen LogP contribution in [0, 0.1) is 5.92 Å². The molecule has 20 heavy (non-hydrogen) atoms. The number of hydrogen-bond donors (Lipinski definition) is 1. The van der Waals surface area contributed by atoms with Crippen molar-refractivity contribution in [3.63, 3.8) is 0 Å². The van der Waals surface area contributed by atoms with Gasteiger partial charge >= 0.3 is 0 Å². The fourth-order valence-corrected chi connectivity index (χ4v) is 4.30.